The Morgan fingerprint density at radius 2 is 2.17 bits per heavy atom. The van der Waals surface area contributed by atoms with Gasteiger partial charge in [0.2, 0.25) is 5.91 Å². The quantitative estimate of drug-likeness (QED) is 0.670. The Labute approximate surface area is 109 Å². The van der Waals surface area contributed by atoms with Crippen LogP contribution in [-0.4, -0.2) is 32.5 Å². The number of rotatable bonds is 6. The topological polar surface area (TPSA) is 91.3 Å². The van der Waals surface area contributed by atoms with Crippen LogP contribution in [0.2, 0.25) is 0 Å². The van der Waals surface area contributed by atoms with Gasteiger partial charge in [0.05, 0.1) is 5.75 Å². The molecule has 0 bridgehead atoms. The maximum atomic E-state index is 11.5. The number of aliphatic carboxylic acids is 1. The van der Waals surface area contributed by atoms with Gasteiger partial charge in [0, 0.05) is 6.20 Å². The minimum absolute atomic E-state index is 0.0547. The number of carbonyl (C=O) groups excluding carboxylic acids is 1. The molecule has 98 valence electrons. The molecule has 1 amide bonds. The van der Waals surface area contributed by atoms with Crippen LogP contribution < -0.4 is 10.9 Å². The van der Waals surface area contributed by atoms with Gasteiger partial charge in [-0.15, -0.1) is 11.8 Å². The molecule has 0 saturated heterocycles. The molecule has 7 heteroatoms. The van der Waals surface area contributed by atoms with Gasteiger partial charge in [0.25, 0.3) is 0 Å². The standard InChI is InChI=1S/C11H15N3O3S/c1-11(2,10(16)17)18-7-9(15)14-13-8-5-3-4-6-12-8/h3-6H,7H2,1-2H3,(H,12,13)(H,14,15)(H,16,17). The van der Waals surface area contributed by atoms with Crippen molar-refractivity contribution >= 4 is 29.5 Å². The number of hydrogen-bond acceptors (Lipinski definition) is 5. The summed E-state index contributed by atoms with van der Waals surface area (Å²) in [4.78, 5) is 26.3. The number of pyridine rings is 1. The second-order valence-electron chi connectivity index (χ2n) is 3.99. The average Bonchev–Trinajstić information content (AvgIpc) is 2.35. The van der Waals surface area contributed by atoms with Crippen molar-refractivity contribution in [2.75, 3.05) is 11.2 Å². The predicted molar refractivity (Wildman–Crippen MR) is 70.2 cm³/mol. The number of carboxylic acids is 1. The second kappa shape index (κ2) is 6.25. The summed E-state index contributed by atoms with van der Waals surface area (Å²) in [5.41, 5.74) is 5.08. The van der Waals surface area contributed by atoms with E-state index in [4.69, 9.17) is 5.11 Å². The molecule has 1 aromatic heterocycles. The maximum absolute atomic E-state index is 11.5. The molecule has 1 heterocycles. The first-order chi connectivity index (χ1) is 8.42. The number of thioether (sulfide) groups is 1. The summed E-state index contributed by atoms with van der Waals surface area (Å²) in [5.74, 6) is -0.676. The first-order valence-corrected chi connectivity index (χ1v) is 6.23. The third-order valence-electron chi connectivity index (χ3n) is 2.07. The van der Waals surface area contributed by atoms with Gasteiger partial charge in [0.1, 0.15) is 10.6 Å². The van der Waals surface area contributed by atoms with Crippen LogP contribution in [0.1, 0.15) is 13.8 Å². The molecule has 0 unspecified atom stereocenters. The molecule has 0 aliphatic carbocycles. The number of nitrogens with one attached hydrogen (secondary N) is 2. The summed E-state index contributed by atoms with van der Waals surface area (Å²) >= 11 is 1.06. The molecule has 0 aliphatic heterocycles. The Bertz CT molecular complexity index is 423. The number of carbonyl (C=O) groups is 2. The molecule has 0 saturated carbocycles. The van der Waals surface area contributed by atoms with Crippen LogP contribution in [0.3, 0.4) is 0 Å². The Kier molecular flexibility index (Phi) is 4.96. The van der Waals surface area contributed by atoms with Crippen molar-refractivity contribution in [2.24, 2.45) is 0 Å². The van der Waals surface area contributed by atoms with Gasteiger partial charge in [-0.2, -0.15) is 0 Å². The molecule has 3 N–H and O–H groups in total. The van der Waals surface area contributed by atoms with Gasteiger partial charge in [0.15, 0.2) is 0 Å². The fourth-order valence-corrected chi connectivity index (χ4v) is 1.60. The minimum Gasteiger partial charge on any atom is -0.480 e. The van der Waals surface area contributed by atoms with Crippen LogP contribution >= 0.6 is 11.8 Å². The normalized spacial score (nSPS) is 10.8. The van der Waals surface area contributed by atoms with Crippen LogP contribution in [-0.2, 0) is 9.59 Å². The predicted octanol–water partition coefficient (Wildman–Crippen LogP) is 1.12. The van der Waals surface area contributed by atoms with Crippen molar-refractivity contribution in [3.8, 4) is 0 Å². The van der Waals surface area contributed by atoms with E-state index in [0.29, 0.717) is 5.82 Å². The Hall–Kier alpha value is -1.76. The fraction of sp³-hybridized carbons (Fsp3) is 0.364. The molecule has 0 aliphatic rings. The highest BCUT2D eigenvalue weighted by atomic mass is 32.2. The number of nitrogens with zero attached hydrogens (tertiary/aromatic N) is 1. The van der Waals surface area contributed by atoms with Crippen LogP contribution in [0.15, 0.2) is 24.4 Å². The van der Waals surface area contributed by atoms with Crippen LogP contribution in [0.5, 0.6) is 0 Å². The minimum atomic E-state index is -0.984. The van der Waals surface area contributed by atoms with Crippen molar-refractivity contribution in [3.05, 3.63) is 24.4 Å². The number of carboxylic acid groups (broad SMARTS) is 1. The van der Waals surface area contributed by atoms with Crippen LogP contribution in [0, 0.1) is 0 Å². The molecule has 1 aromatic rings. The lowest BCUT2D eigenvalue weighted by Crippen LogP contribution is -2.34. The van der Waals surface area contributed by atoms with Gasteiger partial charge in [-0.1, -0.05) is 6.07 Å². The molecule has 0 atom stereocenters. The Morgan fingerprint density at radius 3 is 2.72 bits per heavy atom. The van der Waals surface area contributed by atoms with Gasteiger partial charge in [-0.3, -0.25) is 20.4 Å². The summed E-state index contributed by atoms with van der Waals surface area (Å²) in [6, 6.07) is 5.25. The first-order valence-electron chi connectivity index (χ1n) is 5.25. The number of aromatic nitrogens is 1. The van der Waals surface area contributed by atoms with E-state index in [1.54, 1.807) is 38.2 Å². The zero-order chi connectivity index (χ0) is 13.6. The lowest BCUT2D eigenvalue weighted by Gasteiger charge is -2.17. The molecule has 0 spiro atoms. The number of hydrogen-bond donors (Lipinski definition) is 3. The van der Waals surface area contributed by atoms with Crippen molar-refractivity contribution in [1.29, 1.82) is 0 Å². The smallest absolute Gasteiger partial charge is 0.319 e. The zero-order valence-corrected chi connectivity index (χ0v) is 11.0. The van der Waals surface area contributed by atoms with Crippen LogP contribution in [0.4, 0.5) is 5.82 Å². The molecule has 0 radical (unpaired) electrons. The van der Waals surface area contributed by atoms with Crippen LogP contribution in [0.25, 0.3) is 0 Å². The van der Waals surface area contributed by atoms with E-state index in [1.807, 2.05) is 0 Å². The average molecular weight is 269 g/mol. The zero-order valence-electron chi connectivity index (χ0n) is 10.1. The van der Waals surface area contributed by atoms with Gasteiger partial charge < -0.3 is 5.11 Å². The van der Waals surface area contributed by atoms with E-state index in [-0.39, 0.29) is 11.7 Å². The number of amides is 1. The monoisotopic (exact) mass is 269 g/mol. The molecule has 18 heavy (non-hydrogen) atoms. The SMILES string of the molecule is CC(C)(SCC(=O)NNc1ccccn1)C(=O)O. The summed E-state index contributed by atoms with van der Waals surface area (Å²) in [7, 11) is 0. The Balaban J connectivity index is 2.33. The lowest BCUT2D eigenvalue weighted by atomic mass is 10.2. The summed E-state index contributed by atoms with van der Waals surface area (Å²) in [5, 5.41) is 8.88. The maximum Gasteiger partial charge on any atom is 0.319 e. The highest BCUT2D eigenvalue weighted by Crippen LogP contribution is 2.23. The van der Waals surface area contributed by atoms with Crippen molar-refractivity contribution in [2.45, 2.75) is 18.6 Å². The van der Waals surface area contributed by atoms with Crippen molar-refractivity contribution < 1.29 is 14.7 Å². The largest absolute Gasteiger partial charge is 0.480 e. The van der Waals surface area contributed by atoms with E-state index in [0.717, 1.165) is 11.8 Å². The van der Waals surface area contributed by atoms with E-state index in [1.165, 1.54) is 0 Å². The molecule has 0 fully saturated rings. The van der Waals surface area contributed by atoms with Crippen molar-refractivity contribution in [3.63, 3.8) is 0 Å². The lowest BCUT2D eigenvalue weighted by molar-refractivity contribution is -0.138. The van der Waals surface area contributed by atoms with E-state index >= 15 is 0 Å². The third kappa shape index (κ3) is 4.62. The molecular weight excluding hydrogens is 254 g/mol. The number of hydrazine groups is 1. The third-order valence-corrected chi connectivity index (χ3v) is 3.38. The van der Waals surface area contributed by atoms with E-state index < -0.39 is 10.7 Å². The first kappa shape index (κ1) is 14.3. The summed E-state index contributed by atoms with van der Waals surface area (Å²) in [6.45, 7) is 3.11. The second-order valence-corrected chi connectivity index (χ2v) is 5.59. The van der Waals surface area contributed by atoms with Gasteiger partial charge in [-0.25, -0.2) is 4.98 Å². The highest BCUT2D eigenvalue weighted by Gasteiger charge is 2.28. The molecular formula is C11H15N3O3S. The summed E-state index contributed by atoms with van der Waals surface area (Å²) in [6.07, 6.45) is 1.59. The number of anilines is 1. The fourth-order valence-electron chi connectivity index (χ4n) is 0.914. The summed E-state index contributed by atoms with van der Waals surface area (Å²) < 4.78 is -0.984. The Morgan fingerprint density at radius 1 is 1.44 bits per heavy atom. The van der Waals surface area contributed by atoms with Crippen molar-refractivity contribution in [1.82, 2.24) is 10.4 Å². The van der Waals surface area contributed by atoms with E-state index in [2.05, 4.69) is 15.8 Å². The van der Waals surface area contributed by atoms with Gasteiger partial charge in [-0.05, 0) is 26.0 Å². The molecule has 1 rings (SSSR count). The molecule has 0 aromatic carbocycles. The molecule has 6 nitrogen and oxygen atoms in total. The highest BCUT2D eigenvalue weighted by molar-refractivity contribution is 8.01. The van der Waals surface area contributed by atoms with Gasteiger partial charge >= 0.3 is 5.97 Å². The van der Waals surface area contributed by atoms with E-state index in [9.17, 15) is 9.59 Å².